The maximum absolute atomic E-state index is 12.1. The fourth-order valence-corrected chi connectivity index (χ4v) is 2.08. The van der Waals surface area contributed by atoms with E-state index in [9.17, 15) is 9.90 Å². The highest BCUT2D eigenvalue weighted by molar-refractivity contribution is 5.80. The third-order valence-electron chi connectivity index (χ3n) is 3.41. The van der Waals surface area contributed by atoms with Crippen molar-refractivity contribution in [3.05, 3.63) is 65.2 Å². The van der Waals surface area contributed by atoms with Crippen LogP contribution in [0.2, 0.25) is 0 Å². The molecule has 0 spiro atoms. The van der Waals surface area contributed by atoms with Crippen molar-refractivity contribution >= 4 is 5.91 Å². The number of hydrogen-bond acceptors (Lipinski definition) is 4. The second-order valence-electron chi connectivity index (χ2n) is 5.04. The Kier molecular flexibility index (Phi) is 5.73. The minimum absolute atomic E-state index is 0.0661. The summed E-state index contributed by atoms with van der Waals surface area (Å²) < 4.78 is 5.55. The molecular weight excluding hydrogens is 292 g/mol. The zero-order chi connectivity index (χ0) is 16.7. The Balaban J connectivity index is 1.90. The smallest absolute Gasteiger partial charge is 0.261 e. The number of nitriles is 1. The summed E-state index contributed by atoms with van der Waals surface area (Å²) >= 11 is 0. The Morgan fingerprint density at radius 3 is 2.48 bits per heavy atom. The predicted molar refractivity (Wildman–Crippen MR) is 85.5 cm³/mol. The predicted octanol–water partition coefficient (Wildman–Crippen LogP) is 2.13. The van der Waals surface area contributed by atoms with Gasteiger partial charge in [-0.3, -0.25) is 4.79 Å². The molecule has 2 rings (SSSR count). The van der Waals surface area contributed by atoms with E-state index in [1.165, 1.54) is 0 Å². The zero-order valence-corrected chi connectivity index (χ0v) is 12.8. The van der Waals surface area contributed by atoms with Gasteiger partial charge < -0.3 is 15.2 Å². The minimum atomic E-state index is -0.663. The van der Waals surface area contributed by atoms with Crippen LogP contribution in [0, 0.1) is 11.3 Å². The lowest BCUT2D eigenvalue weighted by molar-refractivity contribution is -0.127. The zero-order valence-electron chi connectivity index (χ0n) is 12.8. The molecule has 0 saturated heterocycles. The molecule has 0 aliphatic carbocycles. The van der Waals surface area contributed by atoms with Crippen LogP contribution in [-0.4, -0.2) is 17.1 Å². The van der Waals surface area contributed by atoms with Gasteiger partial charge in [0.1, 0.15) is 5.75 Å². The van der Waals surface area contributed by atoms with Crippen LogP contribution in [-0.2, 0) is 17.9 Å². The van der Waals surface area contributed by atoms with Gasteiger partial charge in [0, 0.05) is 6.54 Å². The van der Waals surface area contributed by atoms with E-state index < -0.39 is 6.10 Å². The number of rotatable bonds is 6. The van der Waals surface area contributed by atoms with Gasteiger partial charge in [0.15, 0.2) is 6.10 Å². The number of hydrogen-bond donors (Lipinski definition) is 2. The molecule has 0 heterocycles. The van der Waals surface area contributed by atoms with E-state index in [1.807, 2.05) is 30.3 Å². The van der Waals surface area contributed by atoms with Gasteiger partial charge >= 0.3 is 0 Å². The Bertz CT molecular complexity index is 705. The molecule has 23 heavy (non-hydrogen) atoms. The van der Waals surface area contributed by atoms with Gasteiger partial charge in [-0.15, -0.1) is 0 Å². The first-order chi connectivity index (χ1) is 11.1. The number of carbonyl (C=O) groups excluding carboxylic acids is 1. The van der Waals surface area contributed by atoms with Crippen molar-refractivity contribution in [1.29, 1.82) is 5.26 Å². The average Bonchev–Trinajstić information content (AvgIpc) is 2.60. The Hall–Kier alpha value is -2.84. The van der Waals surface area contributed by atoms with Gasteiger partial charge in [-0.05, 0) is 42.3 Å². The molecule has 0 aliphatic heterocycles. The van der Waals surface area contributed by atoms with Crippen LogP contribution in [0.4, 0.5) is 0 Å². The summed E-state index contributed by atoms with van der Waals surface area (Å²) in [5.74, 6) is 0.282. The first-order valence-corrected chi connectivity index (χ1v) is 7.26. The molecule has 118 valence electrons. The molecule has 0 bridgehead atoms. The number of nitrogens with zero attached hydrogens (tertiary/aromatic N) is 1. The fraction of sp³-hybridized carbons (Fsp3) is 0.222. The first-order valence-electron chi connectivity index (χ1n) is 7.26. The van der Waals surface area contributed by atoms with E-state index in [4.69, 9.17) is 10.00 Å². The maximum atomic E-state index is 12.1. The van der Waals surface area contributed by atoms with Crippen LogP contribution in [0.5, 0.6) is 5.75 Å². The van der Waals surface area contributed by atoms with Crippen LogP contribution >= 0.6 is 0 Å². The topological polar surface area (TPSA) is 82.3 Å². The lowest BCUT2D eigenvalue weighted by Crippen LogP contribution is -2.36. The summed E-state index contributed by atoms with van der Waals surface area (Å²) in [4.78, 5) is 12.1. The number of aliphatic hydroxyl groups is 1. The molecule has 1 amide bonds. The average molecular weight is 310 g/mol. The molecule has 0 aromatic heterocycles. The minimum Gasteiger partial charge on any atom is -0.481 e. The maximum Gasteiger partial charge on any atom is 0.261 e. The van der Waals surface area contributed by atoms with Gasteiger partial charge in [-0.25, -0.2) is 0 Å². The highest BCUT2D eigenvalue weighted by atomic mass is 16.5. The molecular formula is C18H18N2O3. The number of amides is 1. The lowest BCUT2D eigenvalue weighted by atomic mass is 10.1. The third-order valence-corrected chi connectivity index (χ3v) is 3.41. The van der Waals surface area contributed by atoms with Crippen molar-refractivity contribution in [2.75, 3.05) is 0 Å². The standard InChI is InChI=1S/C18H18N2O3/c1-13(23-17-8-6-14(10-19)7-9-17)18(22)20-11-15-4-2-3-5-16(15)12-21/h2-9,13,21H,11-12H2,1H3,(H,20,22). The summed E-state index contributed by atoms with van der Waals surface area (Å²) in [5, 5.41) is 20.8. The van der Waals surface area contributed by atoms with Crippen molar-refractivity contribution in [2.24, 2.45) is 0 Å². The van der Waals surface area contributed by atoms with Crippen LogP contribution < -0.4 is 10.1 Å². The van der Waals surface area contributed by atoms with Gasteiger partial charge in [-0.1, -0.05) is 24.3 Å². The fourth-order valence-electron chi connectivity index (χ4n) is 2.08. The Morgan fingerprint density at radius 1 is 1.22 bits per heavy atom. The molecule has 5 nitrogen and oxygen atoms in total. The largest absolute Gasteiger partial charge is 0.481 e. The summed E-state index contributed by atoms with van der Waals surface area (Å²) in [6.07, 6.45) is -0.663. The van der Waals surface area contributed by atoms with Crippen LogP contribution in [0.25, 0.3) is 0 Å². The third kappa shape index (κ3) is 4.56. The van der Waals surface area contributed by atoms with Crippen molar-refractivity contribution in [2.45, 2.75) is 26.2 Å². The van der Waals surface area contributed by atoms with Gasteiger partial charge in [0.25, 0.3) is 5.91 Å². The number of benzene rings is 2. The Morgan fingerprint density at radius 2 is 1.87 bits per heavy atom. The SMILES string of the molecule is CC(Oc1ccc(C#N)cc1)C(=O)NCc1ccccc1CO. The molecule has 0 aliphatic rings. The van der Waals surface area contributed by atoms with E-state index >= 15 is 0 Å². The monoisotopic (exact) mass is 310 g/mol. The lowest BCUT2D eigenvalue weighted by Gasteiger charge is -2.15. The summed E-state index contributed by atoms with van der Waals surface area (Å²) in [6, 6.07) is 16.0. The van der Waals surface area contributed by atoms with E-state index in [-0.39, 0.29) is 12.5 Å². The number of ether oxygens (including phenoxy) is 1. The molecule has 0 saturated carbocycles. The van der Waals surface area contributed by atoms with Crippen LogP contribution in [0.3, 0.4) is 0 Å². The van der Waals surface area contributed by atoms with Crippen molar-refractivity contribution in [3.8, 4) is 11.8 Å². The second-order valence-corrected chi connectivity index (χ2v) is 5.04. The number of nitrogens with one attached hydrogen (secondary N) is 1. The second kappa shape index (κ2) is 7.97. The van der Waals surface area contributed by atoms with Crippen LogP contribution in [0.1, 0.15) is 23.6 Å². The van der Waals surface area contributed by atoms with Crippen LogP contribution in [0.15, 0.2) is 48.5 Å². The molecule has 0 fully saturated rings. The highest BCUT2D eigenvalue weighted by Crippen LogP contribution is 2.14. The molecule has 1 unspecified atom stereocenters. The summed E-state index contributed by atoms with van der Waals surface area (Å²) in [5.41, 5.74) is 2.19. The normalized spacial score (nSPS) is 11.3. The van der Waals surface area contributed by atoms with Crippen molar-refractivity contribution in [3.63, 3.8) is 0 Å². The van der Waals surface area contributed by atoms with Gasteiger partial charge in [-0.2, -0.15) is 5.26 Å². The van der Waals surface area contributed by atoms with E-state index in [1.54, 1.807) is 31.2 Å². The molecule has 2 aromatic rings. The van der Waals surface area contributed by atoms with Crippen molar-refractivity contribution in [1.82, 2.24) is 5.32 Å². The highest BCUT2D eigenvalue weighted by Gasteiger charge is 2.14. The van der Waals surface area contributed by atoms with Gasteiger partial charge in [0.05, 0.1) is 18.2 Å². The van der Waals surface area contributed by atoms with E-state index in [0.29, 0.717) is 17.9 Å². The Labute approximate surface area is 135 Å². The summed E-state index contributed by atoms with van der Waals surface area (Å²) in [7, 11) is 0. The number of carbonyl (C=O) groups is 1. The molecule has 2 aromatic carbocycles. The molecule has 5 heteroatoms. The quantitative estimate of drug-likeness (QED) is 0.856. The number of aliphatic hydroxyl groups excluding tert-OH is 1. The van der Waals surface area contributed by atoms with E-state index in [2.05, 4.69) is 5.32 Å². The van der Waals surface area contributed by atoms with Gasteiger partial charge in [0.2, 0.25) is 0 Å². The molecule has 0 radical (unpaired) electrons. The summed E-state index contributed by atoms with van der Waals surface area (Å²) in [6.45, 7) is 1.92. The molecule has 1 atom stereocenters. The van der Waals surface area contributed by atoms with E-state index in [0.717, 1.165) is 11.1 Å². The first kappa shape index (κ1) is 16.5. The molecule has 2 N–H and O–H groups in total. The van der Waals surface area contributed by atoms with Crippen molar-refractivity contribution < 1.29 is 14.6 Å².